The van der Waals surface area contributed by atoms with Crippen molar-refractivity contribution in [2.24, 2.45) is 0 Å². The highest BCUT2D eigenvalue weighted by Crippen LogP contribution is 2.13. The molecule has 0 aromatic heterocycles. The molecule has 13 heteroatoms. The minimum atomic E-state index is -2.30. The molecule has 0 rings (SSSR count). The number of carboxylic acid groups (broad SMARTS) is 1. The maximum Gasteiger partial charge on any atom is 0.345 e. The number of esters is 4. The summed E-state index contributed by atoms with van der Waals surface area (Å²) in [4.78, 5) is 52.7. The topological polar surface area (TPSA) is 225 Å². The summed E-state index contributed by atoms with van der Waals surface area (Å²) in [6, 6.07) is 0. The zero-order chi connectivity index (χ0) is 32.8. The molecule has 0 fully saturated rings. The van der Waals surface area contributed by atoms with E-state index < -0.39 is 48.2 Å². The van der Waals surface area contributed by atoms with E-state index in [4.69, 9.17) is 30.6 Å². The highest BCUT2D eigenvalue weighted by molar-refractivity contribution is 5.93. The molecule has 0 aliphatic rings. The van der Waals surface area contributed by atoms with Gasteiger partial charge in [0.15, 0.2) is 12.2 Å². The van der Waals surface area contributed by atoms with E-state index in [2.05, 4.69) is 16.4 Å². The molecule has 0 saturated heterocycles. The molecule has 0 radical (unpaired) electrons. The number of carbonyl (C=O) groups is 5. The van der Waals surface area contributed by atoms with Crippen molar-refractivity contribution >= 4 is 29.8 Å². The second-order valence-electron chi connectivity index (χ2n) is 9.83. The number of ether oxygens (including phenoxy) is 2. The molecule has 42 heavy (non-hydrogen) atoms. The van der Waals surface area contributed by atoms with Crippen LogP contribution >= 0.6 is 0 Å². The Kier molecular flexibility index (Phi) is 33.0. The third-order valence-corrected chi connectivity index (χ3v) is 5.69. The van der Waals surface area contributed by atoms with Gasteiger partial charge in [0.1, 0.15) is 6.10 Å². The molecule has 0 spiro atoms. The quantitative estimate of drug-likeness (QED) is 0.0625. The minimum Gasteiger partial charge on any atom is -0.481 e. The third-order valence-electron chi connectivity index (χ3n) is 5.69. The van der Waals surface area contributed by atoms with Gasteiger partial charge in [-0.3, -0.25) is 14.4 Å². The fourth-order valence-electron chi connectivity index (χ4n) is 3.37. The maximum atomic E-state index is 10.8. The molecule has 0 bridgehead atoms. The summed E-state index contributed by atoms with van der Waals surface area (Å²) >= 11 is 0. The van der Waals surface area contributed by atoms with Crippen molar-refractivity contribution in [3.05, 3.63) is 0 Å². The fourth-order valence-corrected chi connectivity index (χ4v) is 3.37. The normalized spacial score (nSPS) is 11.7. The molecule has 6 N–H and O–H groups in total. The van der Waals surface area contributed by atoms with Crippen LogP contribution in [0.4, 0.5) is 0 Å². The number of aliphatic carboxylic acids is 1. The molecule has 0 heterocycles. The van der Waals surface area contributed by atoms with Crippen LogP contribution in [0.5, 0.6) is 0 Å². The van der Waals surface area contributed by atoms with E-state index in [0.29, 0.717) is 6.42 Å². The average Bonchev–Trinajstić information content (AvgIpc) is 2.93. The van der Waals surface area contributed by atoms with E-state index in [-0.39, 0.29) is 13.2 Å². The molecule has 0 amide bonds. The number of aliphatic hydroxyl groups excluding tert-OH is 5. The molecule has 0 aliphatic heterocycles. The number of unbranched alkanes of at least 4 members (excludes halogenated alkanes) is 14. The van der Waals surface area contributed by atoms with Gasteiger partial charge in [-0.2, -0.15) is 0 Å². The molecule has 0 aliphatic carbocycles. The zero-order valence-electron chi connectivity index (χ0n) is 25.5. The van der Waals surface area contributed by atoms with Crippen molar-refractivity contribution in [1.29, 1.82) is 0 Å². The van der Waals surface area contributed by atoms with Gasteiger partial charge in [-0.05, 0) is 6.42 Å². The largest absolute Gasteiger partial charge is 0.481 e. The Bertz CT molecular complexity index is 676. The fraction of sp³-hybridized carbons (Fsp3) is 0.828. The number of aliphatic hydroxyl groups is 5. The second-order valence-corrected chi connectivity index (χ2v) is 9.83. The minimum absolute atomic E-state index is 0.345. The van der Waals surface area contributed by atoms with Crippen molar-refractivity contribution in [3.8, 4) is 0 Å². The molecule has 2 atom stereocenters. The molecule has 2 unspecified atom stereocenters. The standard InChI is InChI=1S/C18H36O2.C8H10O8.C3H8O3/c1-2-3-4-5-6-7-8-9-10-11-12-13-14-15-16-17-18(19)20;1-3(9)15-7(13)5(11)6(12)8(14)16-4(2)10;4-1-3(6)2-5/h2-17H2,1H3,(H,19,20);5-6,11-12H,1-2H3;3-6H,1-2H2. The van der Waals surface area contributed by atoms with Gasteiger partial charge in [-0.1, -0.05) is 96.8 Å². The zero-order valence-corrected chi connectivity index (χ0v) is 25.5. The average molecular weight is 611 g/mol. The van der Waals surface area contributed by atoms with Gasteiger partial charge >= 0.3 is 29.8 Å². The lowest BCUT2D eigenvalue weighted by molar-refractivity contribution is -0.179. The first kappa shape index (κ1) is 44.0. The van der Waals surface area contributed by atoms with E-state index in [0.717, 1.165) is 26.7 Å². The highest BCUT2D eigenvalue weighted by Gasteiger charge is 2.34. The number of carboxylic acids is 1. The molecular formula is C29H54O13. The summed E-state index contributed by atoms with van der Waals surface area (Å²) in [6.45, 7) is 3.33. The van der Waals surface area contributed by atoms with Crippen molar-refractivity contribution < 1.29 is 64.1 Å². The van der Waals surface area contributed by atoms with Gasteiger partial charge < -0.3 is 40.1 Å². The summed E-state index contributed by atoms with van der Waals surface area (Å²) in [5, 5.41) is 50.6. The van der Waals surface area contributed by atoms with Gasteiger partial charge in [0.05, 0.1) is 13.2 Å². The first-order valence-corrected chi connectivity index (χ1v) is 14.8. The summed E-state index contributed by atoms with van der Waals surface area (Å²) in [5.74, 6) is -5.71. The van der Waals surface area contributed by atoms with E-state index in [1.54, 1.807) is 0 Å². The van der Waals surface area contributed by atoms with E-state index >= 15 is 0 Å². The Morgan fingerprint density at radius 1 is 0.548 bits per heavy atom. The SMILES string of the molecule is CC(=O)OC(=O)C(O)C(O)C(=O)OC(C)=O.CCCCCCCCCCCCCCCCCC(=O)O.OCC(O)CO. The van der Waals surface area contributed by atoms with E-state index in [1.165, 1.54) is 83.5 Å². The van der Waals surface area contributed by atoms with Crippen LogP contribution in [0.2, 0.25) is 0 Å². The number of rotatable bonds is 21. The number of carbonyl (C=O) groups excluding carboxylic acids is 4. The van der Waals surface area contributed by atoms with Crippen LogP contribution in [-0.2, 0) is 33.4 Å². The van der Waals surface area contributed by atoms with Gasteiger partial charge in [0.2, 0.25) is 0 Å². The van der Waals surface area contributed by atoms with Crippen LogP contribution in [0, 0.1) is 0 Å². The highest BCUT2D eigenvalue weighted by atomic mass is 16.6. The molecule has 0 aromatic rings. The monoisotopic (exact) mass is 610 g/mol. The van der Waals surface area contributed by atoms with Gasteiger partial charge in [-0.25, -0.2) is 9.59 Å². The van der Waals surface area contributed by atoms with Crippen molar-refractivity contribution in [2.75, 3.05) is 13.2 Å². The van der Waals surface area contributed by atoms with Gasteiger partial charge in [-0.15, -0.1) is 0 Å². The molecular weight excluding hydrogens is 556 g/mol. The Hall–Kier alpha value is -2.45. The van der Waals surface area contributed by atoms with Gasteiger partial charge in [0, 0.05) is 20.3 Å². The van der Waals surface area contributed by atoms with Crippen molar-refractivity contribution in [3.63, 3.8) is 0 Å². The summed E-state index contributed by atoms with van der Waals surface area (Å²) in [5.41, 5.74) is 0. The van der Waals surface area contributed by atoms with Crippen LogP contribution in [-0.4, -0.2) is 92.0 Å². The lowest BCUT2D eigenvalue weighted by Crippen LogP contribution is -2.42. The lowest BCUT2D eigenvalue weighted by Gasteiger charge is -2.13. The Balaban J connectivity index is -0.000000616. The Labute approximate surface area is 249 Å². The molecule has 248 valence electrons. The summed E-state index contributed by atoms with van der Waals surface area (Å²) in [7, 11) is 0. The van der Waals surface area contributed by atoms with Gasteiger partial charge in [0.25, 0.3) is 0 Å². The molecule has 13 nitrogen and oxygen atoms in total. The third kappa shape index (κ3) is 33.8. The maximum absolute atomic E-state index is 10.8. The first-order valence-electron chi connectivity index (χ1n) is 14.8. The van der Waals surface area contributed by atoms with Crippen LogP contribution in [0.15, 0.2) is 0 Å². The van der Waals surface area contributed by atoms with E-state index in [9.17, 15) is 24.0 Å². The number of hydrogen-bond acceptors (Lipinski definition) is 12. The predicted molar refractivity (Wildman–Crippen MR) is 153 cm³/mol. The van der Waals surface area contributed by atoms with Crippen molar-refractivity contribution in [1.82, 2.24) is 0 Å². The van der Waals surface area contributed by atoms with Crippen molar-refractivity contribution in [2.45, 2.75) is 142 Å². The molecule has 0 saturated carbocycles. The first-order chi connectivity index (χ1) is 19.8. The molecule has 0 aromatic carbocycles. The van der Waals surface area contributed by atoms with E-state index in [1.807, 2.05) is 0 Å². The van der Waals surface area contributed by atoms with Crippen LogP contribution in [0.25, 0.3) is 0 Å². The predicted octanol–water partition coefficient (Wildman–Crippen LogP) is 2.55. The number of hydrogen-bond donors (Lipinski definition) is 6. The second kappa shape index (κ2) is 31.5. The van der Waals surface area contributed by atoms with Crippen LogP contribution < -0.4 is 0 Å². The summed E-state index contributed by atoms with van der Waals surface area (Å²) in [6.07, 6.45) is 14.7. The summed E-state index contributed by atoms with van der Waals surface area (Å²) < 4.78 is 7.82. The Morgan fingerprint density at radius 2 is 0.833 bits per heavy atom. The Morgan fingerprint density at radius 3 is 1.05 bits per heavy atom. The van der Waals surface area contributed by atoms with Crippen LogP contribution in [0.1, 0.15) is 124 Å². The van der Waals surface area contributed by atoms with Crippen LogP contribution in [0.3, 0.4) is 0 Å². The lowest BCUT2D eigenvalue weighted by atomic mass is 10.0. The smallest absolute Gasteiger partial charge is 0.345 e.